The maximum atomic E-state index is 12.7. The van der Waals surface area contributed by atoms with Crippen LogP contribution in [0.1, 0.15) is 52.4 Å². The minimum Gasteiger partial charge on any atom is -0.480 e. The molecule has 3 amide bonds. The summed E-state index contributed by atoms with van der Waals surface area (Å²) < 4.78 is 0. The summed E-state index contributed by atoms with van der Waals surface area (Å²) >= 11 is 4.12. The van der Waals surface area contributed by atoms with Gasteiger partial charge in [-0.1, -0.05) is 20.3 Å². The van der Waals surface area contributed by atoms with E-state index in [1.165, 1.54) is 0 Å². The molecule has 11 nitrogen and oxygen atoms in total. The zero-order valence-electron chi connectivity index (χ0n) is 19.0. The van der Waals surface area contributed by atoms with Crippen molar-refractivity contribution in [2.75, 3.05) is 18.8 Å². The monoisotopic (exact) mass is 476 g/mol. The third-order valence-electron chi connectivity index (χ3n) is 4.93. The minimum absolute atomic E-state index is 0.00360. The summed E-state index contributed by atoms with van der Waals surface area (Å²) in [5.41, 5.74) is 16.7. The molecule has 10 N–H and O–H groups in total. The van der Waals surface area contributed by atoms with Crippen LogP contribution in [0.3, 0.4) is 0 Å². The zero-order valence-corrected chi connectivity index (χ0v) is 19.9. The van der Waals surface area contributed by atoms with Gasteiger partial charge in [0, 0.05) is 5.75 Å². The molecular weight excluding hydrogens is 436 g/mol. The van der Waals surface area contributed by atoms with E-state index in [9.17, 15) is 24.3 Å². The summed E-state index contributed by atoms with van der Waals surface area (Å²) in [4.78, 5) is 49.1. The summed E-state index contributed by atoms with van der Waals surface area (Å²) in [6, 6.07) is -3.86. The number of carboxylic acid groups (broad SMARTS) is 1. The van der Waals surface area contributed by atoms with Crippen molar-refractivity contribution in [1.82, 2.24) is 16.0 Å². The van der Waals surface area contributed by atoms with Gasteiger partial charge in [0.25, 0.3) is 0 Å². The number of carboxylic acids is 1. The lowest BCUT2D eigenvalue weighted by Gasteiger charge is -2.26. The Kier molecular flexibility index (Phi) is 15.7. The SMILES string of the molecule is CC(C)C(NC(=O)C(CS)NC(=O)C(N)CCCCN)C(=O)NC(CCCCN)C(=O)O. The van der Waals surface area contributed by atoms with Crippen LogP contribution in [0, 0.1) is 5.92 Å². The van der Waals surface area contributed by atoms with Gasteiger partial charge in [-0.15, -0.1) is 0 Å². The molecule has 0 fully saturated rings. The highest BCUT2D eigenvalue weighted by molar-refractivity contribution is 7.80. The molecule has 0 aliphatic rings. The van der Waals surface area contributed by atoms with Crippen LogP contribution in [0.4, 0.5) is 0 Å². The fourth-order valence-corrected chi connectivity index (χ4v) is 3.17. The first-order valence-electron chi connectivity index (χ1n) is 11.0. The maximum absolute atomic E-state index is 12.7. The fraction of sp³-hybridized carbons (Fsp3) is 0.800. The van der Waals surface area contributed by atoms with Gasteiger partial charge in [0.15, 0.2) is 0 Å². The van der Waals surface area contributed by atoms with Crippen molar-refractivity contribution in [3.63, 3.8) is 0 Å². The van der Waals surface area contributed by atoms with Crippen molar-refractivity contribution in [2.24, 2.45) is 23.1 Å². The molecule has 32 heavy (non-hydrogen) atoms. The van der Waals surface area contributed by atoms with E-state index in [1.807, 2.05) is 0 Å². The van der Waals surface area contributed by atoms with E-state index < -0.39 is 47.9 Å². The number of aliphatic carboxylic acids is 1. The van der Waals surface area contributed by atoms with Crippen LogP contribution in [0.5, 0.6) is 0 Å². The molecule has 0 rings (SSSR count). The van der Waals surface area contributed by atoms with Gasteiger partial charge in [0.05, 0.1) is 6.04 Å². The Balaban J connectivity index is 5.04. The lowest BCUT2D eigenvalue weighted by atomic mass is 10.0. The number of thiol groups is 1. The molecule has 0 spiro atoms. The molecule has 4 unspecified atom stereocenters. The number of carbonyl (C=O) groups excluding carboxylic acids is 3. The lowest BCUT2D eigenvalue weighted by Crippen LogP contribution is -2.58. The molecule has 186 valence electrons. The lowest BCUT2D eigenvalue weighted by molar-refractivity contribution is -0.142. The maximum Gasteiger partial charge on any atom is 0.326 e. The van der Waals surface area contributed by atoms with Crippen molar-refractivity contribution in [2.45, 2.75) is 76.5 Å². The molecule has 0 bridgehead atoms. The van der Waals surface area contributed by atoms with Crippen LogP contribution < -0.4 is 33.2 Å². The van der Waals surface area contributed by atoms with Gasteiger partial charge >= 0.3 is 5.97 Å². The first-order chi connectivity index (χ1) is 15.1. The Bertz CT molecular complexity index is 607. The van der Waals surface area contributed by atoms with Crippen molar-refractivity contribution in [3.8, 4) is 0 Å². The predicted molar refractivity (Wildman–Crippen MR) is 126 cm³/mol. The minimum atomic E-state index is -1.16. The van der Waals surface area contributed by atoms with Crippen LogP contribution >= 0.6 is 12.6 Å². The van der Waals surface area contributed by atoms with E-state index in [0.29, 0.717) is 38.8 Å². The highest BCUT2D eigenvalue weighted by Gasteiger charge is 2.31. The van der Waals surface area contributed by atoms with Gasteiger partial charge in [-0.2, -0.15) is 12.6 Å². The smallest absolute Gasteiger partial charge is 0.326 e. The standard InChI is InChI=1S/C20H40N6O5S/c1-12(2)16(19(29)24-14(20(30)31)8-4-6-10-22)26-18(28)15(11-32)25-17(27)13(23)7-3-5-9-21/h12-16,32H,3-11,21-23H2,1-2H3,(H,24,29)(H,25,27)(H,26,28)(H,30,31). The Morgan fingerprint density at radius 1 is 0.812 bits per heavy atom. The van der Waals surface area contributed by atoms with E-state index >= 15 is 0 Å². The first-order valence-corrected chi connectivity index (χ1v) is 11.6. The fourth-order valence-electron chi connectivity index (χ4n) is 2.91. The van der Waals surface area contributed by atoms with E-state index in [4.69, 9.17) is 17.2 Å². The number of nitrogens with one attached hydrogen (secondary N) is 3. The first kappa shape index (κ1) is 30.1. The van der Waals surface area contributed by atoms with Crippen LogP contribution in [0.15, 0.2) is 0 Å². The topological polar surface area (TPSA) is 203 Å². The molecule has 0 saturated heterocycles. The third-order valence-corrected chi connectivity index (χ3v) is 5.30. The second-order valence-electron chi connectivity index (χ2n) is 8.05. The summed E-state index contributed by atoms with van der Waals surface area (Å²) in [5, 5.41) is 17.0. The molecule has 0 radical (unpaired) electrons. The van der Waals surface area contributed by atoms with Crippen molar-refractivity contribution in [3.05, 3.63) is 0 Å². The van der Waals surface area contributed by atoms with Crippen LogP contribution in [0.25, 0.3) is 0 Å². The summed E-state index contributed by atoms with van der Waals surface area (Å²) in [5.74, 6) is -3.20. The van der Waals surface area contributed by atoms with E-state index in [-0.39, 0.29) is 18.1 Å². The Morgan fingerprint density at radius 2 is 1.34 bits per heavy atom. The zero-order chi connectivity index (χ0) is 24.7. The number of amides is 3. The number of nitrogens with two attached hydrogens (primary N) is 3. The van der Waals surface area contributed by atoms with Gasteiger partial charge in [0.2, 0.25) is 17.7 Å². The average molecular weight is 477 g/mol. The largest absolute Gasteiger partial charge is 0.480 e. The van der Waals surface area contributed by atoms with E-state index in [1.54, 1.807) is 13.8 Å². The number of unbranched alkanes of at least 4 members (excludes halogenated alkanes) is 2. The van der Waals surface area contributed by atoms with Gasteiger partial charge in [0.1, 0.15) is 18.1 Å². The van der Waals surface area contributed by atoms with E-state index in [2.05, 4.69) is 28.6 Å². The van der Waals surface area contributed by atoms with Crippen LogP contribution in [-0.4, -0.2) is 71.8 Å². The second kappa shape index (κ2) is 16.7. The molecular formula is C20H40N6O5S. The molecule has 0 heterocycles. The van der Waals surface area contributed by atoms with Gasteiger partial charge in [-0.3, -0.25) is 14.4 Å². The van der Waals surface area contributed by atoms with Gasteiger partial charge < -0.3 is 38.3 Å². The van der Waals surface area contributed by atoms with Crippen molar-refractivity contribution in [1.29, 1.82) is 0 Å². The molecule has 0 aromatic carbocycles. The quantitative estimate of drug-likeness (QED) is 0.0933. The second-order valence-corrected chi connectivity index (χ2v) is 8.41. The predicted octanol–water partition coefficient (Wildman–Crippen LogP) is -1.30. The summed E-state index contributed by atoms with van der Waals surface area (Å²) in [7, 11) is 0. The molecule has 0 aliphatic heterocycles. The Morgan fingerprint density at radius 3 is 1.81 bits per heavy atom. The number of hydrogen-bond acceptors (Lipinski definition) is 8. The number of carbonyl (C=O) groups is 4. The number of hydrogen-bond donors (Lipinski definition) is 8. The Hall–Kier alpha value is -1.89. The average Bonchev–Trinajstić information content (AvgIpc) is 2.74. The molecule has 4 atom stereocenters. The summed E-state index contributed by atoms with van der Waals surface area (Å²) in [6.07, 6.45) is 3.28. The summed E-state index contributed by atoms with van der Waals surface area (Å²) in [6.45, 7) is 4.37. The number of rotatable bonds is 17. The van der Waals surface area contributed by atoms with Crippen LogP contribution in [-0.2, 0) is 19.2 Å². The molecule has 0 aromatic rings. The van der Waals surface area contributed by atoms with Crippen LogP contribution in [0.2, 0.25) is 0 Å². The molecule has 0 aromatic heterocycles. The molecule has 12 heteroatoms. The molecule has 0 aliphatic carbocycles. The normalized spacial score (nSPS) is 14.8. The van der Waals surface area contributed by atoms with Crippen molar-refractivity contribution < 1.29 is 24.3 Å². The highest BCUT2D eigenvalue weighted by atomic mass is 32.1. The Labute approximate surface area is 195 Å². The highest BCUT2D eigenvalue weighted by Crippen LogP contribution is 2.07. The van der Waals surface area contributed by atoms with E-state index in [0.717, 1.165) is 6.42 Å². The van der Waals surface area contributed by atoms with Crippen molar-refractivity contribution >= 4 is 36.3 Å². The third kappa shape index (κ3) is 11.7. The van der Waals surface area contributed by atoms with Gasteiger partial charge in [-0.25, -0.2) is 4.79 Å². The molecule has 0 saturated carbocycles. The van der Waals surface area contributed by atoms with Gasteiger partial charge in [-0.05, 0) is 51.1 Å².